The first-order valence-corrected chi connectivity index (χ1v) is 3.12. The topological polar surface area (TPSA) is 52.0 Å². The van der Waals surface area contributed by atoms with Crippen molar-refractivity contribution in [2.24, 2.45) is 17.4 Å². The SMILES string of the molecule is CC1C=C(N)C=C(N)C1. The van der Waals surface area contributed by atoms with E-state index in [0.717, 1.165) is 17.8 Å². The van der Waals surface area contributed by atoms with Gasteiger partial charge in [0, 0.05) is 11.4 Å². The van der Waals surface area contributed by atoms with Crippen LogP contribution in [0.3, 0.4) is 0 Å². The van der Waals surface area contributed by atoms with E-state index < -0.39 is 0 Å². The zero-order valence-corrected chi connectivity index (χ0v) is 5.59. The van der Waals surface area contributed by atoms with E-state index in [1.165, 1.54) is 0 Å². The Balaban J connectivity index is 2.74. The summed E-state index contributed by atoms with van der Waals surface area (Å²) in [7, 11) is 0. The molecule has 0 aromatic carbocycles. The van der Waals surface area contributed by atoms with Crippen LogP contribution in [0.1, 0.15) is 13.3 Å². The Morgan fingerprint density at radius 1 is 1.56 bits per heavy atom. The van der Waals surface area contributed by atoms with Gasteiger partial charge in [-0.1, -0.05) is 13.0 Å². The van der Waals surface area contributed by atoms with Gasteiger partial charge in [0.2, 0.25) is 0 Å². The highest BCUT2D eigenvalue weighted by atomic mass is 14.6. The summed E-state index contributed by atoms with van der Waals surface area (Å²) in [5, 5.41) is 0. The standard InChI is InChI=1S/C7H12N2/c1-5-2-6(8)4-7(9)3-5/h2,4-5H,3,8-9H2,1H3. The van der Waals surface area contributed by atoms with Crippen LogP contribution in [-0.4, -0.2) is 0 Å². The van der Waals surface area contributed by atoms with Crippen molar-refractivity contribution < 1.29 is 0 Å². The third-order valence-corrected chi connectivity index (χ3v) is 1.39. The molecule has 0 spiro atoms. The molecule has 1 aliphatic rings. The highest BCUT2D eigenvalue weighted by molar-refractivity contribution is 5.24. The predicted molar refractivity (Wildman–Crippen MR) is 38.3 cm³/mol. The fourth-order valence-corrected chi connectivity index (χ4v) is 1.08. The van der Waals surface area contributed by atoms with E-state index in [1.807, 2.05) is 12.2 Å². The molecule has 9 heavy (non-hydrogen) atoms. The van der Waals surface area contributed by atoms with E-state index in [4.69, 9.17) is 11.5 Å². The molecule has 2 nitrogen and oxygen atoms in total. The monoisotopic (exact) mass is 124 g/mol. The molecule has 0 aliphatic heterocycles. The van der Waals surface area contributed by atoms with Gasteiger partial charge < -0.3 is 11.5 Å². The second-order valence-electron chi connectivity index (χ2n) is 2.57. The number of hydrogen-bond acceptors (Lipinski definition) is 2. The molecule has 1 atom stereocenters. The van der Waals surface area contributed by atoms with Crippen molar-refractivity contribution in [1.82, 2.24) is 0 Å². The van der Waals surface area contributed by atoms with Crippen molar-refractivity contribution in [2.45, 2.75) is 13.3 Å². The zero-order chi connectivity index (χ0) is 6.85. The molecule has 1 unspecified atom stereocenters. The largest absolute Gasteiger partial charge is 0.402 e. The number of hydrogen-bond donors (Lipinski definition) is 2. The molecule has 0 aromatic heterocycles. The average molecular weight is 124 g/mol. The van der Waals surface area contributed by atoms with Gasteiger partial charge in [-0.3, -0.25) is 0 Å². The summed E-state index contributed by atoms with van der Waals surface area (Å²) >= 11 is 0. The van der Waals surface area contributed by atoms with Crippen LogP contribution in [0.5, 0.6) is 0 Å². The van der Waals surface area contributed by atoms with E-state index in [9.17, 15) is 0 Å². The van der Waals surface area contributed by atoms with Crippen LogP contribution in [0.4, 0.5) is 0 Å². The summed E-state index contributed by atoms with van der Waals surface area (Å²) in [6.45, 7) is 2.10. The molecule has 0 saturated carbocycles. The van der Waals surface area contributed by atoms with Crippen LogP contribution in [0.25, 0.3) is 0 Å². The van der Waals surface area contributed by atoms with Gasteiger partial charge in [0.15, 0.2) is 0 Å². The second-order valence-corrected chi connectivity index (χ2v) is 2.57. The molecule has 0 heterocycles. The Morgan fingerprint density at radius 2 is 2.22 bits per heavy atom. The molecule has 0 saturated heterocycles. The Hall–Kier alpha value is -0.920. The van der Waals surface area contributed by atoms with Crippen molar-refractivity contribution in [3.63, 3.8) is 0 Å². The van der Waals surface area contributed by atoms with Crippen LogP contribution in [0.15, 0.2) is 23.5 Å². The molecule has 0 radical (unpaired) electrons. The first-order chi connectivity index (χ1) is 4.18. The number of rotatable bonds is 0. The fourth-order valence-electron chi connectivity index (χ4n) is 1.08. The lowest BCUT2D eigenvalue weighted by Crippen LogP contribution is -2.11. The van der Waals surface area contributed by atoms with Crippen molar-refractivity contribution in [2.75, 3.05) is 0 Å². The Morgan fingerprint density at radius 3 is 2.67 bits per heavy atom. The molecule has 0 aromatic rings. The van der Waals surface area contributed by atoms with Crippen molar-refractivity contribution in [3.05, 3.63) is 23.5 Å². The minimum absolute atomic E-state index is 0.509. The van der Waals surface area contributed by atoms with Crippen molar-refractivity contribution in [3.8, 4) is 0 Å². The average Bonchev–Trinajstić information content (AvgIpc) is 1.59. The van der Waals surface area contributed by atoms with Gasteiger partial charge in [-0.25, -0.2) is 0 Å². The van der Waals surface area contributed by atoms with E-state index >= 15 is 0 Å². The van der Waals surface area contributed by atoms with Crippen LogP contribution in [0.2, 0.25) is 0 Å². The molecule has 2 heteroatoms. The van der Waals surface area contributed by atoms with Gasteiger partial charge in [0.05, 0.1) is 0 Å². The molecule has 4 N–H and O–H groups in total. The van der Waals surface area contributed by atoms with Crippen LogP contribution in [-0.2, 0) is 0 Å². The first-order valence-electron chi connectivity index (χ1n) is 3.12. The van der Waals surface area contributed by atoms with Crippen LogP contribution < -0.4 is 11.5 Å². The van der Waals surface area contributed by atoms with Gasteiger partial charge in [0.25, 0.3) is 0 Å². The third kappa shape index (κ3) is 1.49. The van der Waals surface area contributed by atoms with Gasteiger partial charge in [-0.05, 0) is 18.4 Å². The second kappa shape index (κ2) is 2.13. The van der Waals surface area contributed by atoms with Crippen LogP contribution >= 0.6 is 0 Å². The lowest BCUT2D eigenvalue weighted by Gasteiger charge is -2.12. The highest BCUT2D eigenvalue weighted by Crippen LogP contribution is 2.15. The third-order valence-electron chi connectivity index (χ3n) is 1.39. The summed E-state index contributed by atoms with van der Waals surface area (Å²) in [6, 6.07) is 0. The fraction of sp³-hybridized carbons (Fsp3) is 0.429. The van der Waals surface area contributed by atoms with Crippen molar-refractivity contribution >= 4 is 0 Å². The summed E-state index contributed by atoms with van der Waals surface area (Å²) in [4.78, 5) is 0. The lowest BCUT2D eigenvalue weighted by molar-refractivity contribution is 0.692. The maximum absolute atomic E-state index is 5.56. The normalized spacial score (nSPS) is 27.0. The van der Waals surface area contributed by atoms with Crippen molar-refractivity contribution in [1.29, 1.82) is 0 Å². The van der Waals surface area contributed by atoms with E-state index in [1.54, 1.807) is 0 Å². The number of nitrogens with two attached hydrogens (primary N) is 2. The molecule has 50 valence electrons. The van der Waals surface area contributed by atoms with Gasteiger partial charge in [-0.2, -0.15) is 0 Å². The molecular formula is C7H12N2. The Labute approximate surface area is 55.2 Å². The minimum atomic E-state index is 0.509. The van der Waals surface area contributed by atoms with E-state index in [0.29, 0.717) is 5.92 Å². The number of allylic oxidation sites excluding steroid dienone is 3. The summed E-state index contributed by atoms with van der Waals surface area (Å²) in [5.74, 6) is 0.509. The summed E-state index contributed by atoms with van der Waals surface area (Å²) in [5.41, 5.74) is 12.8. The Kier molecular flexibility index (Phi) is 1.47. The lowest BCUT2D eigenvalue weighted by atomic mass is 9.99. The van der Waals surface area contributed by atoms with Crippen LogP contribution in [0, 0.1) is 5.92 Å². The quantitative estimate of drug-likeness (QED) is 0.499. The highest BCUT2D eigenvalue weighted by Gasteiger charge is 2.05. The first kappa shape index (κ1) is 6.20. The van der Waals surface area contributed by atoms with E-state index in [-0.39, 0.29) is 0 Å². The minimum Gasteiger partial charge on any atom is -0.402 e. The summed E-state index contributed by atoms with van der Waals surface area (Å²) in [6.07, 6.45) is 4.79. The Bertz CT molecular complexity index is 168. The smallest absolute Gasteiger partial charge is 0.0293 e. The molecule has 1 rings (SSSR count). The van der Waals surface area contributed by atoms with E-state index in [2.05, 4.69) is 6.92 Å². The molecule has 1 aliphatic carbocycles. The maximum atomic E-state index is 5.56. The molecule has 0 amide bonds. The maximum Gasteiger partial charge on any atom is 0.0293 e. The molecule has 0 fully saturated rings. The van der Waals surface area contributed by atoms with Gasteiger partial charge >= 0.3 is 0 Å². The van der Waals surface area contributed by atoms with Gasteiger partial charge in [0.1, 0.15) is 0 Å². The van der Waals surface area contributed by atoms with Gasteiger partial charge in [-0.15, -0.1) is 0 Å². The molecule has 0 bridgehead atoms. The molecular weight excluding hydrogens is 112 g/mol. The zero-order valence-electron chi connectivity index (χ0n) is 5.59. The predicted octanol–water partition coefficient (Wildman–Crippen LogP) is 0.711. The summed E-state index contributed by atoms with van der Waals surface area (Å²) < 4.78 is 0.